The third-order valence-electron chi connectivity index (χ3n) is 6.34. The number of nitrogens with one attached hydrogen (secondary N) is 4. The SMILES string of the molecule is C=C1C=C(O)c2cc(-c3nc([C@H](Cc4ccccc4)NC(=O)NCc4c(F)ccc(Cl)c4F)[nH]c3Cl)ccc2N1. The zero-order chi connectivity index (χ0) is 28.4. The fourth-order valence-corrected chi connectivity index (χ4v) is 4.79. The number of hydrogen-bond acceptors (Lipinski definition) is 4. The van der Waals surface area contributed by atoms with Crippen molar-refractivity contribution in [3.63, 3.8) is 0 Å². The smallest absolute Gasteiger partial charge is 0.315 e. The Bertz CT molecular complexity index is 1640. The van der Waals surface area contributed by atoms with Gasteiger partial charge in [0.15, 0.2) is 0 Å². The molecule has 204 valence electrons. The Kier molecular flexibility index (Phi) is 7.77. The molecule has 11 heteroatoms. The molecule has 1 atom stereocenters. The molecular weight excluding hydrogens is 559 g/mol. The van der Waals surface area contributed by atoms with Gasteiger partial charge in [0, 0.05) is 34.2 Å². The molecule has 0 unspecified atom stereocenters. The molecule has 0 bridgehead atoms. The highest BCUT2D eigenvalue weighted by Crippen LogP contribution is 2.35. The molecule has 1 aliphatic heterocycles. The first-order chi connectivity index (χ1) is 19.2. The van der Waals surface area contributed by atoms with Gasteiger partial charge in [0.05, 0.1) is 17.6 Å². The van der Waals surface area contributed by atoms with Crippen molar-refractivity contribution in [3.8, 4) is 11.3 Å². The predicted molar refractivity (Wildman–Crippen MR) is 152 cm³/mol. The van der Waals surface area contributed by atoms with Crippen molar-refractivity contribution in [2.24, 2.45) is 0 Å². The lowest BCUT2D eigenvalue weighted by Crippen LogP contribution is -2.39. The first-order valence-electron chi connectivity index (χ1n) is 12.2. The van der Waals surface area contributed by atoms with Crippen LogP contribution in [0.4, 0.5) is 19.3 Å². The highest BCUT2D eigenvalue weighted by Gasteiger charge is 2.23. The van der Waals surface area contributed by atoms with Crippen LogP contribution in [0.15, 0.2) is 79.0 Å². The van der Waals surface area contributed by atoms with Crippen molar-refractivity contribution in [1.82, 2.24) is 20.6 Å². The summed E-state index contributed by atoms with van der Waals surface area (Å²) in [6.07, 6.45) is 1.86. The zero-order valence-corrected chi connectivity index (χ0v) is 22.4. The van der Waals surface area contributed by atoms with Crippen LogP contribution in [0.2, 0.25) is 10.2 Å². The topological polar surface area (TPSA) is 102 Å². The van der Waals surface area contributed by atoms with E-state index in [-0.39, 0.29) is 21.5 Å². The van der Waals surface area contributed by atoms with E-state index in [4.69, 9.17) is 23.2 Å². The molecule has 3 aromatic carbocycles. The number of allylic oxidation sites excluding steroid dienone is 1. The average molecular weight is 582 g/mol. The van der Waals surface area contributed by atoms with E-state index in [1.165, 1.54) is 6.08 Å². The number of rotatable bonds is 7. The van der Waals surface area contributed by atoms with Crippen molar-refractivity contribution in [2.45, 2.75) is 19.0 Å². The number of fused-ring (bicyclic) bond motifs is 1. The van der Waals surface area contributed by atoms with E-state index in [2.05, 4.69) is 32.5 Å². The minimum Gasteiger partial charge on any atom is -0.507 e. The number of urea groups is 1. The van der Waals surface area contributed by atoms with Gasteiger partial charge in [0.1, 0.15) is 34.1 Å². The van der Waals surface area contributed by atoms with E-state index in [0.29, 0.717) is 40.5 Å². The standard InChI is InChI=1S/C29H23Cl2F2N5O2/c1-15-11-24(39)18-13-17(7-10-22(18)35-15)26-27(31)38-28(37-26)23(12-16-5-3-2-4-6-16)36-29(40)34-14-19-21(32)9-8-20(30)25(19)33/h2-11,13,23,35,39H,1,12,14H2,(H,37,38)(H2,34,36,40)/t23-/m0/s1. The second-order valence-electron chi connectivity index (χ2n) is 9.12. The van der Waals surface area contributed by atoms with E-state index in [1.54, 1.807) is 18.2 Å². The number of carbonyl (C=O) groups is 1. The molecule has 1 aliphatic rings. The fourth-order valence-electron chi connectivity index (χ4n) is 4.36. The Morgan fingerprint density at radius 3 is 2.65 bits per heavy atom. The normalized spacial score (nSPS) is 13.2. The summed E-state index contributed by atoms with van der Waals surface area (Å²) in [5, 5.41) is 18.8. The Labute approximate surface area is 238 Å². The molecule has 0 fully saturated rings. The van der Waals surface area contributed by atoms with E-state index < -0.39 is 30.3 Å². The summed E-state index contributed by atoms with van der Waals surface area (Å²) in [5.41, 5.74) is 3.41. The summed E-state index contributed by atoms with van der Waals surface area (Å²) in [6.45, 7) is 3.40. The molecule has 0 saturated heterocycles. The van der Waals surface area contributed by atoms with E-state index >= 15 is 0 Å². The minimum atomic E-state index is -0.935. The highest BCUT2D eigenvalue weighted by molar-refractivity contribution is 6.32. The van der Waals surface area contributed by atoms with Crippen molar-refractivity contribution in [3.05, 3.63) is 123 Å². The van der Waals surface area contributed by atoms with Gasteiger partial charge in [-0.1, -0.05) is 66.2 Å². The Morgan fingerprint density at radius 2 is 1.88 bits per heavy atom. The number of amides is 2. The van der Waals surface area contributed by atoms with Crippen LogP contribution in [0.3, 0.4) is 0 Å². The van der Waals surface area contributed by atoms with E-state index in [9.17, 15) is 18.7 Å². The van der Waals surface area contributed by atoms with Gasteiger partial charge in [0.25, 0.3) is 0 Å². The summed E-state index contributed by atoms with van der Waals surface area (Å²) in [6, 6.07) is 15.5. The number of H-pyrrole nitrogens is 1. The second-order valence-corrected chi connectivity index (χ2v) is 9.90. The quantitative estimate of drug-likeness (QED) is 0.148. The molecule has 0 aliphatic carbocycles. The van der Waals surface area contributed by atoms with Gasteiger partial charge in [0.2, 0.25) is 0 Å². The van der Waals surface area contributed by atoms with Gasteiger partial charge >= 0.3 is 6.03 Å². The summed E-state index contributed by atoms with van der Waals surface area (Å²) in [4.78, 5) is 20.6. The van der Waals surface area contributed by atoms with Crippen LogP contribution < -0.4 is 16.0 Å². The molecule has 40 heavy (non-hydrogen) atoms. The molecule has 0 spiro atoms. The summed E-state index contributed by atoms with van der Waals surface area (Å²) in [7, 11) is 0. The molecule has 5 N–H and O–H groups in total. The van der Waals surface area contributed by atoms with Crippen LogP contribution in [0.1, 0.15) is 28.6 Å². The Morgan fingerprint density at radius 1 is 1.10 bits per heavy atom. The van der Waals surface area contributed by atoms with Crippen molar-refractivity contribution in [1.29, 1.82) is 0 Å². The van der Waals surface area contributed by atoms with Gasteiger partial charge in [-0.15, -0.1) is 0 Å². The van der Waals surface area contributed by atoms with Gasteiger partial charge in [-0.05, 0) is 36.2 Å². The number of aliphatic hydroxyl groups is 1. The van der Waals surface area contributed by atoms with Crippen LogP contribution in [0.5, 0.6) is 0 Å². The Hall–Kier alpha value is -4.34. The molecule has 1 aromatic heterocycles. The molecular formula is C29H23Cl2F2N5O2. The minimum absolute atomic E-state index is 0.0559. The largest absolute Gasteiger partial charge is 0.507 e. The molecule has 5 rings (SSSR count). The predicted octanol–water partition coefficient (Wildman–Crippen LogP) is 7.28. The lowest BCUT2D eigenvalue weighted by Gasteiger charge is -2.18. The number of aromatic amines is 1. The monoisotopic (exact) mass is 581 g/mol. The number of nitrogens with zero attached hydrogens (tertiary/aromatic N) is 1. The first kappa shape index (κ1) is 27.2. The number of carbonyl (C=O) groups excluding carboxylic acids is 1. The number of halogens is 4. The molecule has 0 radical (unpaired) electrons. The van der Waals surface area contributed by atoms with E-state index in [1.807, 2.05) is 30.3 Å². The fraction of sp³-hybridized carbons (Fsp3) is 0.103. The lowest BCUT2D eigenvalue weighted by atomic mass is 10.0. The summed E-state index contributed by atoms with van der Waals surface area (Å²) < 4.78 is 28.4. The molecule has 2 heterocycles. The van der Waals surface area contributed by atoms with Gasteiger partial charge in [-0.25, -0.2) is 18.6 Å². The summed E-state index contributed by atoms with van der Waals surface area (Å²) >= 11 is 12.3. The van der Waals surface area contributed by atoms with Crippen LogP contribution in [-0.2, 0) is 13.0 Å². The maximum Gasteiger partial charge on any atom is 0.315 e. The highest BCUT2D eigenvalue weighted by atomic mass is 35.5. The van der Waals surface area contributed by atoms with Crippen LogP contribution >= 0.6 is 23.2 Å². The van der Waals surface area contributed by atoms with Gasteiger partial charge in [-0.3, -0.25) is 0 Å². The molecule has 4 aromatic rings. The third kappa shape index (κ3) is 5.80. The van der Waals surface area contributed by atoms with Crippen molar-refractivity contribution < 1.29 is 18.7 Å². The first-order valence-corrected chi connectivity index (χ1v) is 12.9. The van der Waals surface area contributed by atoms with Crippen LogP contribution in [0.25, 0.3) is 17.0 Å². The van der Waals surface area contributed by atoms with E-state index in [0.717, 1.165) is 17.7 Å². The summed E-state index contributed by atoms with van der Waals surface area (Å²) in [5.74, 6) is -1.34. The number of imidazole rings is 1. The third-order valence-corrected chi connectivity index (χ3v) is 6.90. The van der Waals surface area contributed by atoms with Crippen LogP contribution in [0, 0.1) is 11.6 Å². The number of aromatic nitrogens is 2. The number of benzene rings is 3. The number of aliphatic hydroxyl groups excluding tert-OH is 1. The van der Waals surface area contributed by atoms with Crippen molar-refractivity contribution in [2.75, 3.05) is 5.32 Å². The maximum atomic E-state index is 14.3. The van der Waals surface area contributed by atoms with Gasteiger partial charge in [-0.2, -0.15) is 0 Å². The van der Waals surface area contributed by atoms with Crippen LogP contribution in [-0.4, -0.2) is 21.1 Å². The number of anilines is 1. The Balaban J connectivity index is 1.40. The molecule has 7 nitrogen and oxygen atoms in total. The number of hydrogen-bond donors (Lipinski definition) is 5. The average Bonchev–Trinajstić information content (AvgIpc) is 3.32. The van der Waals surface area contributed by atoms with Crippen molar-refractivity contribution >= 4 is 40.7 Å². The zero-order valence-electron chi connectivity index (χ0n) is 20.9. The molecule has 2 amide bonds. The second kappa shape index (κ2) is 11.4. The van der Waals surface area contributed by atoms with Gasteiger partial charge < -0.3 is 26.0 Å². The lowest BCUT2D eigenvalue weighted by molar-refractivity contribution is 0.236. The maximum absolute atomic E-state index is 14.3. The molecule has 0 saturated carbocycles.